The number of pyridine rings is 1. The first kappa shape index (κ1) is 13.8. The fourth-order valence-electron chi connectivity index (χ4n) is 1.00. The van der Waals surface area contributed by atoms with E-state index in [-0.39, 0.29) is 15.4 Å². The van der Waals surface area contributed by atoms with Crippen molar-refractivity contribution in [3.8, 4) is 0 Å². The van der Waals surface area contributed by atoms with Crippen molar-refractivity contribution in [1.29, 1.82) is 0 Å². The maximum Gasteiger partial charge on any atom is 0.434 e. The summed E-state index contributed by atoms with van der Waals surface area (Å²) in [4.78, 5) is 2.91. The second-order valence-electron chi connectivity index (χ2n) is 2.80. The fraction of sp³-hybridized carbons (Fsp3) is 0.375. The van der Waals surface area contributed by atoms with Gasteiger partial charge in [-0.2, -0.15) is 13.2 Å². The standard InChI is InChI=1S/C8H4Br2F5N/c9-2-3-1-4(7(11)12)16-6(5(3)10)8(13,14)15/h1,7H,2H2. The molecule has 0 aromatic carbocycles. The topological polar surface area (TPSA) is 12.9 Å². The lowest BCUT2D eigenvalue weighted by molar-refractivity contribution is -0.142. The molecule has 0 fully saturated rings. The van der Waals surface area contributed by atoms with Crippen LogP contribution in [0.2, 0.25) is 0 Å². The minimum absolute atomic E-state index is 0.0267. The number of rotatable bonds is 2. The summed E-state index contributed by atoms with van der Waals surface area (Å²) in [5.74, 6) is 0. The summed E-state index contributed by atoms with van der Waals surface area (Å²) >= 11 is 5.63. The van der Waals surface area contributed by atoms with E-state index in [1.54, 1.807) is 0 Å². The third-order valence-corrected chi connectivity index (χ3v) is 3.18. The molecule has 0 saturated heterocycles. The van der Waals surface area contributed by atoms with Gasteiger partial charge in [0.1, 0.15) is 5.69 Å². The van der Waals surface area contributed by atoms with E-state index in [0.717, 1.165) is 6.07 Å². The van der Waals surface area contributed by atoms with Gasteiger partial charge < -0.3 is 0 Å². The Kier molecular flexibility index (Phi) is 4.28. The van der Waals surface area contributed by atoms with Gasteiger partial charge in [0.15, 0.2) is 5.69 Å². The Morgan fingerprint density at radius 1 is 1.31 bits per heavy atom. The van der Waals surface area contributed by atoms with Gasteiger partial charge >= 0.3 is 6.18 Å². The maximum absolute atomic E-state index is 12.5. The van der Waals surface area contributed by atoms with E-state index >= 15 is 0 Å². The molecule has 0 atom stereocenters. The van der Waals surface area contributed by atoms with E-state index in [1.807, 2.05) is 0 Å². The molecule has 90 valence electrons. The van der Waals surface area contributed by atoms with Crippen LogP contribution in [0, 0.1) is 0 Å². The number of hydrogen-bond donors (Lipinski definition) is 0. The van der Waals surface area contributed by atoms with Gasteiger partial charge in [-0.1, -0.05) is 15.9 Å². The third kappa shape index (κ3) is 2.91. The highest BCUT2D eigenvalue weighted by molar-refractivity contribution is 9.10. The molecule has 8 heteroatoms. The number of alkyl halides is 6. The zero-order chi connectivity index (χ0) is 12.5. The molecule has 16 heavy (non-hydrogen) atoms. The smallest absolute Gasteiger partial charge is 0.241 e. The predicted molar refractivity (Wildman–Crippen MR) is 54.5 cm³/mol. The van der Waals surface area contributed by atoms with Gasteiger partial charge in [0.25, 0.3) is 6.43 Å². The van der Waals surface area contributed by atoms with E-state index in [1.165, 1.54) is 0 Å². The largest absolute Gasteiger partial charge is 0.434 e. The van der Waals surface area contributed by atoms with Crippen LogP contribution in [0.3, 0.4) is 0 Å². The van der Waals surface area contributed by atoms with Gasteiger partial charge in [-0.15, -0.1) is 0 Å². The molecule has 0 unspecified atom stereocenters. The van der Waals surface area contributed by atoms with Crippen LogP contribution in [0.4, 0.5) is 22.0 Å². The van der Waals surface area contributed by atoms with Gasteiger partial charge in [0, 0.05) is 5.33 Å². The molecule has 0 N–H and O–H groups in total. The first-order valence-corrected chi connectivity index (χ1v) is 5.79. The zero-order valence-electron chi connectivity index (χ0n) is 7.45. The molecule has 1 nitrogen and oxygen atoms in total. The van der Waals surface area contributed by atoms with Gasteiger partial charge in [-0.3, -0.25) is 0 Å². The van der Waals surface area contributed by atoms with Gasteiger partial charge in [0.2, 0.25) is 0 Å². The van der Waals surface area contributed by atoms with Crippen LogP contribution in [0.5, 0.6) is 0 Å². The fourth-order valence-corrected chi connectivity index (χ4v) is 2.39. The molecule has 1 heterocycles. The molecule has 1 rings (SSSR count). The quantitative estimate of drug-likeness (QED) is 0.545. The lowest BCUT2D eigenvalue weighted by Gasteiger charge is -2.12. The number of hydrogen-bond acceptors (Lipinski definition) is 1. The van der Waals surface area contributed by atoms with Crippen LogP contribution in [0.1, 0.15) is 23.4 Å². The van der Waals surface area contributed by atoms with Gasteiger partial charge in [0.05, 0.1) is 4.47 Å². The monoisotopic (exact) mass is 367 g/mol. The first-order valence-electron chi connectivity index (χ1n) is 3.88. The molecule has 0 amide bonds. The van der Waals surface area contributed by atoms with Crippen molar-refractivity contribution >= 4 is 31.9 Å². The molecular weight excluding hydrogens is 365 g/mol. The summed E-state index contributed by atoms with van der Waals surface area (Å²) in [6, 6.07) is 0.929. The minimum Gasteiger partial charge on any atom is -0.241 e. The molecule has 0 aliphatic heterocycles. The summed E-state index contributed by atoms with van der Waals surface area (Å²) in [5.41, 5.74) is -2.14. The Labute approximate surface area is 104 Å². The third-order valence-electron chi connectivity index (χ3n) is 1.69. The first-order chi connectivity index (χ1) is 7.27. The van der Waals surface area contributed by atoms with Crippen molar-refractivity contribution in [2.45, 2.75) is 17.9 Å². The van der Waals surface area contributed by atoms with Crippen molar-refractivity contribution < 1.29 is 22.0 Å². The second kappa shape index (κ2) is 4.95. The molecule has 0 aliphatic rings. The van der Waals surface area contributed by atoms with E-state index in [2.05, 4.69) is 36.8 Å². The summed E-state index contributed by atoms with van der Waals surface area (Å²) in [6.07, 6.45) is -7.80. The highest BCUT2D eigenvalue weighted by Crippen LogP contribution is 2.37. The van der Waals surface area contributed by atoms with Gasteiger partial charge in [-0.05, 0) is 27.6 Å². The molecule has 1 aromatic heterocycles. The van der Waals surface area contributed by atoms with E-state index in [0.29, 0.717) is 0 Å². The molecule has 0 bridgehead atoms. The van der Waals surface area contributed by atoms with Crippen molar-refractivity contribution in [2.24, 2.45) is 0 Å². The summed E-state index contributed by atoms with van der Waals surface area (Å²) in [7, 11) is 0. The van der Waals surface area contributed by atoms with Crippen molar-refractivity contribution in [3.05, 3.63) is 27.5 Å². The number of nitrogens with zero attached hydrogens (tertiary/aromatic N) is 1. The zero-order valence-corrected chi connectivity index (χ0v) is 10.6. The normalized spacial score (nSPS) is 12.2. The van der Waals surface area contributed by atoms with E-state index in [9.17, 15) is 22.0 Å². The molecule has 1 aromatic rings. The minimum atomic E-state index is -4.76. The Morgan fingerprint density at radius 3 is 2.25 bits per heavy atom. The maximum atomic E-state index is 12.5. The average Bonchev–Trinajstić information content (AvgIpc) is 2.15. The van der Waals surface area contributed by atoms with Crippen LogP contribution < -0.4 is 0 Å². The SMILES string of the molecule is FC(F)c1cc(CBr)c(Br)c(C(F)(F)F)n1. The highest BCUT2D eigenvalue weighted by Gasteiger charge is 2.37. The van der Waals surface area contributed by atoms with E-state index < -0.39 is 24.0 Å². The van der Waals surface area contributed by atoms with E-state index in [4.69, 9.17) is 0 Å². The lowest BCUT2D eigenvalue weighted by atomic mass is 10.2. The van der Waals surface area contributed by atoms with Crippen LogP contribution in [0.25, 0.3) is 0 Å². The second-order valence-corrected chi connectivity index (χ2v) is 4.15. The Hall–Kier alpha value is -0.240. The summed E-state index contributed by atoms with van der Waals surface area (Å²) < 4.78 is 61.7. The Morgan fingerprint density at radius 2 is 1.88 bits per heavy atom. The highest BCUT2D eigenvalue weighted by atomic mass is 79.9. The predicted octanol–water partition coefficient (Wildman–Crippen LogP) is 4.70. The number of aromatic nitrogens is 1. The summed E-state index contributed by atoms with van der Waals surface area (Å²) in [6.45, 7) is 0. The van der Waals surface area contributed by atoms with Crippen molar-refractivity contribution in [1.82, 2.24) is 4.98 Å². The van der Waals surface area contributed by atoms with Crippen LogP contribution >= 0.6 is 31.9 Å². The average molecular weight is 369 g/mol. The van der Waals surface area contributed by atoms with Crippen LogP contribution in [0.15, 0.2) is 10.5 Å². The summed E-state index contributed by atoms with van der Waals surface area (Å²) in [5, 5.41) is 0.0267. The molecular formula is C8H4Br2F5N. The molecule has 0 radical (unpaired) electrons. The van der Waals surface area contributed by atoms with Crippen molar-refractivity contribution in [3.63, 3.8) is 0 Å². The van der Waals surface area contributed by atoms with Crippen LogP contribution in [-0.2, 0) is 11.5 Å². The number of halogens is 7. The van der Waals surface area contributed by atoms with Gasteiger partial charge in [-0.25, -0.2) is 13.8 Å². The Balaban J connectivity index is 3.42. The molecule has 0 aliphatic carbocycles. The lowest BCUT2D eigenvalue weighted by Crippen LogP contribution is -2.12. The van der Waals surface area contributed by atoms with Crippen molar-refractivity contribution in [2.75, 3.05) is 0 Å². The molecule has 0 spiro atoms. The Bertz CT molecular complexity index is 391. The van der Waals surface area contributed by atoms with Crippen LogP contribution in [-0.4, -0.2) is 4.98 Å². The molecule has 0 saturated carbocycles.